The molecule has 2 aromatic rings. The van der Waals surface area contributed by atoms with E-state index in [0.29, 0.717) is 6.54 Å². The fourth-order valence-corrected chi connectivity index (χ4v) is 5.87. The lowest BCUT2D eigenvalue weighted by Crippen LogP contribution is -2.47. The summed E-state index contributed by atoms with van der Waals surface area (Å²) in [5.74, 6) is 0. The zero-order valence-electron chi connectivity index (χ0n) is 16.5. The van der Waals surface area contributed by atoms with Crippen molar-refractivity contribution < 1.29 is 0 Å². The Morgan fingerprint density at radius 1 is 0.893 bits per heavy atom. The van der Waals surface area contributed by atoms with Crippen molar-refractivity contribution in [3.05, 3.63) is 43.3 Å². The second-order valence-electron chi connectivity index (χ2n) is 8.33. The number of hydrogen-bond donors (Lipinski definition) is 0. The fourth-order valence-electron chi connectivity index (χ4n) is 4.67. The Morgan fingerprint density at radius 3 is 2.54 bits per heavy atom. The summed E-state index contributed by atoms with van der Waals surface area (Å²) in [6.45, 7) is 6.89. The molecule has 0 atom stereocenters. The highest BCUT2D eigenvalue weighted by Gasteiger charge is 2.21. The van der Waals surface area contributed by atoms with Crippen LogP contribution in [0.2, 0.25) is 0 Å². The van der Waals surface area contributed by atoms with Gasteiger partial charge >= 0.3 is 0 Å². The van der Waals surface area contributed by atoms with E-state index in [-0.39, 0.29) is 5.56 Å². The largest absolute Gasteiger partial charge is 0.299 e. The molecule has 5 rings (SSSR count). The SMILES string of the molecule is O=c1cc2c(nn1CCN1CCN(Cc3nc4c(s3)CCCC4)CC1)CCC2. The number of hydrogen-bond acceptors (Lipinski definition) is 6. The van der Waals surface area contributed by atoms with E-state index in [0.717, 1.165) is 64.2 Å². The number of piperazine rings is 1. The molecule has 0 amide bonds. The van der Waals surface area contributed by atoms with Gasteiger partial charge in [-0.25, -0.2) is 9.67 Å². The Labute approximate surface area is 170 Å². The summed E-state index contributed by atoms with van der Waals surface area (Å²) in [5, 5.41) is 5.90. The summed E-state index contributed by atoms with van der Waals surface area (Å²) in [5.41, 5.74) is 3.73. The van der Waals surface area contributed by atoms with Crippen molar-refractivity contribution in [1.82, 2.24) is 24.6 Å². The van der Waals surface area contributed by atoms with Crippen LogP contribution in [0.1, 0.15) is 46.1 Å². The molecular weight excluding hydrogens is 370 g/mol. The molecule has 1 aliphatic heterocycles. The molecule has 6 nitrogen and oxygen atoms in total. The average Bonchev–Trinajstić information content (AvgIpc) is 3.32. The van der Waals surface area contributed by atoms with Crippen molar-refractivity contribution in [2.75, 3.05) is 32.7 Å². The molecule has 28 heavy (non-hydrogen) atoms. The Kier molecular flexibility index (Phi) is 5.30. The molecule has 0 N–H and O–H groups in total. The topological polar surface area (TPSA) is 54.3 Å². The Morgan fingerprint density at radius 2 is 1.68 bits per heavy atom. The van der Waals surface area contributed by atoms with Crippen molar-refractivity contribution in [1.29, 1.82) is 0 Å². The first kappa shape index (κ1) is 18.5. The molecule has 2 aromatic heterocycles. The fraction of sp³-hybridized carbons (Fsp3) is 0.667. The highest BCUT2D eigenvalue weighted by Crippen LogP contribution is 2.27. The van der Waals surface area contributed by atoms with Crippen molar-refractivity contribution in [3.8, 4) is 0 Å². The number of aromatic nitrogens is 3. The van der Waals surface area contributed by atoms with Crippen LogP contribution in [0.4, 0.5) is 0 Å². The van der Waals surface area contributed by atoms with Gasteiger partial charge in [0.25, 0.3) is 5.56 Å². The minimum Gasteiger partial charge on any atom is -0.299 e. The minimum atomic E-state index is 0.0621. The van der Waals surface area contributed by atoms with E-state index in [9.17, 15) is 4.79 Å². The summed E-state index contributed by atoms with van der Waals surface area (Å²) >= 11 is 1.94. The van der Waals surface area contributed by atoms with E-state index in [1.165, 1.54) is 46.8 Å². The first-order valence-corrected chi connectivity index (χ1v) is 11.6. The molecule has 2 aliphatic carbocycles. The summed E-state index contributed by atoms with van der Waals surface area (Å²) in [6.07, 6.45) is 8.21. The number of aryl methyl sites for hydroxylation is 4. The van der Waals surface area contributed by atoms with E-state index in [2.05, 4.69) is 14.9 Å². The van der Waals surface area contributed by atoms with Crippen LogP contribution in [-0.4, -0.2) is 57.3 Å². The van der Waals surface area contributed by atoms with Crippen LogP contribution in [0.5, 0.6) is 0 Å². The van der Waals surface area contributed by atoms with Gasteiger partial charge in [0, 0.05) is 43.7 Å². The molecule has 0 bridgehead atoms. The maximum absolute atomic E-state index is 12.3. The van der Waals surface area contributed by atoms with Crippen molar-refractivity contribution in [2.24, 2.45) is 0 Å². The van der Waals surface area contributed by atoms with Crippen LogP contribution < -0.4 is 5.56 Å². The van der Waals surface area contributed by atoms with Gasteiger partial charge < -0.3 is 0 Å². The summed E-state index contributed by atoms with van der Waals surface area (Å²) in [4.78, 5) is 23.7. The molecular formula is C21H29N5OS. The predicted octanol–water partition coefficient (Wildman–Crippen LogP) is 1.89. The zero-order chi connectivity index (χ0) is 18.9. The third-order valence-corrected chi connectivity index (χ3v) is 7.51. The number of nitrogens with zero attached hydrogens (tertiary/aromatic N) is 5. The first-order chi connectivity index (χ1) is 13.7. The molecule has 0 aromatic carbocycles. The van der Waals surface area contributed by atoms with Gasteiger partial charge in [-0.2, -0.15) is 5.10 Å². The minimum absolute atomic E-state index is 0.0621. The van der Waals surface area contributed by atoms with Gasteiger partial charge in [0.1, 0.15) is 5.01 Å². The standard InChI is InChI=1S/C21H29N5OS/c27-21-14-16-4-3-6-17(16)23-26(21)13-12-24-8-10-25(11-9-24)15-20-22-18-5-1-2-7-19(18)28-20/h14H,1-13,15H2. The second-order valence-corrected chi connectivity index (χ2v) is 9.50. The number of rotatable bonds is 5. The van der Waals surface area contributed by atoms with E-state index < -0.39 is 0 Å². The van der Waals surface area contributed by atoms with Gasteiger partial charge in [-0.3, -0.25) is 14.6 Å². The lowest BCUT2D eigenvalue weighted by atomic mass is 10.0. The van der Waals surface area contributed by atoms with Crippen LogP contribution in [0, 0.1) is 0 Å². The molecule has 0 unspecified atom stereocenters. The maximum Gasteiger partial charge on any atom is 0.267 e. The lowest BCUT2D eigenvalue weighted by molar-refractivity contribution is 0.122. The monoisotopic (exact) mass is 399 g/mol. The van der Waals surface area contributed by atoms with E-state index in [1.54, 1.807) is 10.7 Å². The van der Waals surface area contributed by atoms with Crippen LogP contribution in [0.3, 0.4) is 0 Å². The van der Waals surface area contributed by atoms with Crippen molar-refractivity contribution in [2.45, 2.75) is 58.0 Å². The molecule has 3 aliphatic rings. The normalized spacial score (nSPS) is 20.3. The zero-order valence-corrected chi connectivity index (χ0v) is 17.3. The smallest absolute Gasteiger partial charge is 0.267 e. The van der Waals surface area contributed by atoms with E-state index in [1.807, 2.05) is 11.3 Å². The Balaban J connectivity index is 1.12. The summed E-state index contributed by atoms with van der Waals surface area (Å²) in [7, 11) is 0. The second kappa shape index (κ2) is 8.05. The Hall–Kier alpha value is -1.57. The third-order valence-electron chi connectivity index (χ3n) is 6.37. The third kappa shape index (κ3) is 3.93. The van der Waals surface area contributed by atoms with Crippen molar-refractivity contribution in [3.63, 3.8) is 0 Å². The van der Waals surface area contributed by atoms with Gasteiger partial charge in [-0.15, -0.1) is 11.3 Å². The summed E-state index contributed by atoms with van der Waals surface area (Å²) in [6, 6.07) is 1.81. The predicted molar refractivity (Wildman–Crippen MR) is 111 cm³/mol. The molecule has 1 saturated heterocycles. The van der Waals surface area contributed by atoms with Crippen LogP contribution in [0.15, 0.2) is 10.9 Å². The number of thiazole rings is 1. The average molecular weight is 400 g/mol. The summed E-state index contributed by atoms with van der Waals surface area (Å²) < 4.78 is 1.68. The van der Waals surface area contributed by atoms with Gasteiger partial charge in [0.2, 0.25) is 0 Å². The van der Waals surface area contributed by atoms with Gasteiger partial charge in [0.15, 0.2) is 0 Å². The molecule has 0 radical (unpaired) electrons. The van der Waals surface area contributed by atoms with Gasteiger partial charge in [0.05, 0.1) is 24.5 Å². The van der Waals surface area contributed by atoms with Gasteiger partial charge in [-0.1, -0.05) is 0 Å². The van der Waals surface area contributed by atoms with Crippen LogP contribution in [-0.2, 0) is 38.8 Å². The van der Waals surface area contributed by atoms with Crippen LogP contribution >= 0.6 is 11.3 Å². The van der Waals surface area contributed by atoms with Gasteiger partial charge in [-0.05, 0) is 50.5 Å². The molecule has 1 fully saturated rings. The Bertz CT molecular complexity index is 873. The number of fused-ring (bicyclic) bond motifs is 2. The maximum atomic E-state index is 12.3. The van der Waals surface area contributed by atoms with Crippen LogP contribution in [0.25, 0.3) is 0 Å². The molecule has 150 valence electrons. The lowest BCUT2D eigenvalue weighted by Gasteiger charge is -2.34. The van der Waals surface area contributed by atoms with Crippen molar-refractivity contribution >= 4 is 11.3 Å². The molecule has 7 heteroatoms. The molecule has 0 spiro atoms. The van der Waals surface area contributed by atoms with E-state index in [4.69, 9.17) is 4.98 Å². The molecule has 0 saturated carbocycles. The molecule has 3 heterocycles. The highest BCUT2D eigenvalue weighted by molar-refractivity contribution is 7.11. The van der Waals surface area contributed by atoms with E-state index >= 15 is 0 Å². The highest BCUT2D eigenvalue weighted by atomic mass is 32.1. The quantitative estimate of drug-likeness (QED) is 0.769. The first-order valence-electron chi connectivity index (χ1n) is 10.8.